The third kappa shape index (κ3) is 2.80. The van der Waals surface area contributed by atoms with Crippen LogP contribution in [0.4, 0.5) is 8.78 Å². The maximum absolute atomic E-state index is 13.8. The zero-order valence-electron chi connectivity index (χ0n) is 11.7. The molecule has 0 atom stereocenters. The van der Waals surface area contributed by atoms with Gasteiger partial charge >= 0.3 is 0 Å². The van der Waals surface area contributed by atoms with E-state index in [0.717, 1.165) is 18.2 Å². The molecule has 118 valence electrons. The lowest BCUT2D eigenvalue weighted by Crippen LogP contribution is -2.38. The van der Waals surface area contributed by atoms with Gasteiger partial charge in [0, 0.05) is 18.0 Å². The highest BCUT2D eigenvalue weighted by Gasteiger charge is 2.34. The molecule has 2 heterocycles. The third-order valence-electron chi connectivity index (χ3n) is 3.92. The van der Waals surface area contributed by atoms with Gasteiger partial charge in [-0.15, -0.1) is 11.3 Å². The van der Waals surface area contributed by atoms with Gasteiger partial charge < -0.3 is 0 Å². The van der Waals surface area contributed by atoms with Gasteiger partial charge in [0.1, 0.15) is 11.6 Å². The summed E-state index contributed by atoms with van der Waals surface area (Å²) in [5, 5.41) is 1.99. The molecular weight excluding hydrogens is 328 g/mol. The second-order valence-electron chi connectivity index (χ2n) is 5.24. The van der Waals surface area contributed by atoms with Crippen molar-refractivity contribution in [3.63, 3.8) is 0 Å². The molecule has 0 spiro atoms. The maximum Gasteiger partial charge on any atom is 0.248 e. The molecule has 22 heavy (non-hydrogen) atoms. The van der Waals surface area contributed by atoms with E-state index >= 15 is 0 Å². The molecule has 3 nitrogen and oxygen atoms in total. The first kappa shape index (κ1) is 15.6. The largest absolute Gasteiger partial charge is 0.248 e. The quantitative estimate of drug-likeness (QED) is 0.854. The van der Waals surface area contributed by atoms with Crippen LogP contribution < -0.4 is 0 Å². The van der Waals surface area contributed by atoms with Gasteiger partial charge in [0.05, 0.1) is 0 Å². The fraction of sp³-hybridized carbons (Fsp3) is 0.333. The van der Waals surface area contributed by atoms with Crippen molar-refractivity contribution in [1.29, 1.82) is 0 Å². The Morgan fingerprint density at radius 3 is 2.23 bits per heavy atom. The summed E-state index contributed by atoms with van der Waals surface area (Å²) < 4.78 is 53.6. The Morgan fingerprint density at radius 2 is 1.68 bits per heavy atom. The number of sulfonamides is 1. The van der Waals surface area contributed by atoms with Crippen LogP contribution in [0, 0.1) is 11.6 Å². The minimum absolute atomic E-state index is 0.276. The van der Waals surface area contributed by atoms with Crippen molar-refractivity contribution in [2.45, 2.75) is 23.7 Å². The summed E-state index contributed by atoms with van der Waals surface area (Å²) in [6.45, 7) is 0.553. The Morgan fingerprint density at radius 1 is 1.05 bits per heavy atom. The highest BCUT2D eigenvalue weighted by molar-refractivity contribution is 7.89. The van der Waals surface area contributed by atoms with Gasteiger partial charge in [-0.2, -0.15) is 4.31 Å². The van der Waals surface area contributed by atoms with Crippen LogP contribution in [0.25, 0.3) is 0 Å². The van der Waals surface area contributed by atoms with Crippen LogP contribution in [-0.2, 0) is 10.0 Å². The molecule has 0 amide bonds. The van der Waals surface area contributed by atoms with Gasteiger partial charge in [0.15, 0.2) is 4.90 Å². The van der Waals surface area contributed by atoms with Gasteiger partial charge in [-0.3, -0.25) is 0 Å². The Hall–Kier alpha value is -1.31. The molecule has 3 rings (SSSR count). The fourth-order valence-electron chi connectivity index (χ4n) is 2.76. The van der Waals surface area contributed by atoms with E-state index < -0.39 is 26.6 Å². The van der Waals surface area contributed by atoms with Gasteiger partial charge in [-0.25, -0.2) is 17.2 Å². The number of hydrogen-bond acceptors (Lipinski definition) is 3. The third-order valence-corrected chi connectivity index (χ3v) is 6.90. The summed E-state index contributed by atoms with van der Waals surface area (Å²) in [5.41, 5.74) is 0. The molecule has 1 aromatic carbocycles. The predicted molar refractivity (Wildman–Crippen MR) is 81.4 cm³/mol. The molecule has 0 aliphatic carbocycles. The molecule has 1 fully saturated rings. The summed E-state index contributed by atoms with van der Waals surface area (Å²) in [5.74, 6) is -1.77. The van der Waals surface area contributed by atoms with E-state index in [1.807, 2.05) is 17.5 Å². The molecule has 0 radical (unpaired) electrons. The number of halogens is 2. The first-order chi connectivity index (χ1) is 10.5. The van der Waals surface area contributed by atoms with Crippen molar-refractivity contribution in [1.82, 2.24) is 4.31 Å². The number of benzene rings is 1. The number of nitrogens with zero attached hydrogens (tertiary/aromatic N) is 1. The van der Waals surface area contributed by atoms with Crippen molar-refractivity contribution in [2.75, 3.05) is 13.1 Å². The minimum Gasteiger partial charge on any atom is -0.207 e. The molecule has 1 aromatic heterocycles. The van der Waals surface area contributed by atoms with E-state index in [2.05, 4.69) is 0 Å². The number of rotatable bonds is 3. The first-order valence-corrected chi connectivity index (χ1v) is 9.29. The second-order valence-corrected chi connectivity index (χ2v) is 8.10. The van der Waals surface area contributed by atoms with Gasteiger partial charge in [0.25, 0.3) is 0 Å². The smallest absolute Gasteiger partial charge is 0.207 e. The standard InChI is InChI=1S/C15H15F2NO2S2/c16-12-3-1-4-13(17)15(12)22(19,20)18-8-6-11(7-9-18)14-5-2-10-21-14/h1-5,10-11H,6-9H2. The summed E-state index contributed by atoms with van der Waals surface area (Å²) in [4.78, 5) is 0.388. The zero-order valence-corrected chi connectivity index (χ0v) is 13.3. The lowest BCUT2D eigenvalue weighted by atomic mass is 9.97. The predicted octanol–water partition coefficient (Wildman–Crippen LogP) is 3.59. The monoisotopic (exact) mass is 343 g/mol. The van der Waals surface area contributed by atoms with Gasteiger partial charge in [0.2, 0.25) is 10.0 Å². The van der Waals surface area contributed by atoms with Gasteiger partial charge in [-0.1, -0.05) is 12.1 Å². The molecule has 0 N–H and O–H groups in total. The van der Waals surface area contributed by atoms with Crippen LogP contribution in [0.15, 0.2) is 40.6 Å². The minimum atomic E-state index is -4.13. The second kappa shape index (κ2) is 6.06. The van der Waals surface area contributed by atoms with Crippen LogP contribution >= 0.6 is 11.3 Å². The van der Waals surface area contributed by atoms with Crippen molar-refractivity contribution in [3.05, 3.63) is 52.2 Å². The molecule has 0 unspecified atom stereocenters. The number of piperidine rings is 1. The molecule has 1 aliphatic rings. The summed E-state index contributed by atoms with van der Waals surface area (Å²) in [7, 11) is -4.13. The van der Waals surface area contributed by atoms with Crippen LogP contribution in [-0.4, -0.2) is 25.8 Å². The van der Waals surface area contributed by atoms with Crippen LogP contribution in [0.5, 0.6) is 0 Å². The van der Waals surface area contributed by atoms with Crippen molar-refractivity contribution in [3.8, 4) is 0 Å². The average Bonchev–Trinajstić information content (AvgIpc) is 3.01. The van der Waals surface area contributed by atoms with Crippen LogP contribution in [0.1, 0.15) is 23.6 Å². The van der Waals surface area contributed by atoms with Crippen LogP contribution in [0.3, 0.4) is 0 Å². The number of thiophene rings is 1. The SMILES string of the molecule is O=S(=O)(c1c(F)cccc1F)N1CCC(c2cccs2)CC1. The Bertz CT molecular complexity index is 732. The summed E-state index contributed by atoms with van der Waals surface area (Å²) >= 11 is 1.65. The molecular formula is C15H15F2NO2S2. The molecule has 0 bridgehead atoms. The van der Waals surface area contributed by atoms with Gasteiger partial charge in [-0.05, 0) is 42.3 Å². The van der Waals surface area contributed by atoms with E-state index in [1.54, 1.807) is 11.3 Å². The molecule has 1 saturated heterocycles. The topological polar surface area (TPSA) is 37.4 Å². The summed E-state index contributed by atoms with van der Waals surface area (Å²) in [6, 6.07) is 7.10. The van der Waals surface area contributed by atoms with Crippen molar-refractivity contribution >= 4 is 21.4 Å². The first-order valence-electron chi connectivity index (χ1n) is 6.97. The average molecular weight is 343 g/mol. The molecule has 2 aromatic rings. The highest BCUT2D eigenvalue weighted by Crippen LogP contribution is 2.33. The highest BCUT2D eigenvalue weighted by atomic mass is 32.2. The lowest BCUT2D eigenvalue weighted by Gasteiger charge is -2.30. The molecule has 1 aliphatic heterocycles. The van der Waals surface area contributed by atoms with Crippen molar-refractivity contribution < 1.29 is 17.2 Å². The maximum atomic E-state index is 13.8. The lowest BCUT2D eigenvalue weighted by molar-refractivity contribution is 0.318. The van der Waals surface area contributed by atoms with E-state index in [1.165, 1.54) is 9.18 Å². The zero-order chi connectivity index (χ0) is 15.7. The Labute approximate surface area is 132 Å². The van der Waals surface area contributed by atoms with E-state index in [4.69, 9.17) is 0 Å². The normalized spacial score (nSPS) is 17.7. The Kier molecular flexibility index (Phi) is 4.29. The fourth-order valence-corrected chi connectivity index (χ4v) is 5.24. The van der Waals surface area contributed by atoms with Crippen molar-refractivity contribution in [2.24, 2.45) is 0 Å². The van der Waals surface area contributed by atoms with E-state index in [-0.39, 0.29) is 13.1 Å². The summed E-state index contributed by atoms with van der Waals surface area (Å²) in [6.07, 6.45) is 1.33. The van der Waals surface area contributed by atoms with Crippen LogP contribution in [0.2, 0.25) is 0 Å². The Balaban J connectivity index is 1.81. The van der Waals surface area contributed by atoms with E-state index in [0.29, 0.717) is 18.8 Å². The van der Waals surface area contributed by atoms with E-state index in [9.17, 15) is 17.2 Å². The number of hydrogen-bond donors (Lipinski definition) is 0. The molecule has 0 saturated carbocycles. The molecule has 7 heteroatoms.